The highest BCUT2D eigenvalue weighted by Gasteiger charge is 2.24. The van der Waals surface area contributed by atoms with Gasteiger partial charge in [-0.2, -0.15) is 0 Å². The molecule has 0 bridgehead atoms. The Hall–Kier alpha value is -0.860. The van der Waals surface area contributed by atoms with Gasteiger partial charge in [-0.1, -0.05) is 24.3 Å². The molecule has 1 fully saturated rings. The van der Waals surface area contributed by atoms with Crippen LogP contribution in [0, 0.1) is 5.92 Å². The van der Waals surface area contributed by atoms with Crippen LogP contribution in [0.2, 0.25) is 0 Å². The highest BCUT2D eigenvalue weighted by atomic mass is 15.1. The first-order chi connectivity index (χ1) is 8.81. The molecule has 0 radical (unpaired) electrons. The van der Waals surface area contributed by atoms with Gasteiger partial charge in [0.1, 0.15) is 0 Å². The van der Waals surface area contributed by atoms with Crippen molar-refractivity contribution in [3.05, 3.63) is 35.4 Å². The van der Waals surface area contributed by atoms with Crippen LogP contribution in [0.4, 0.5) is 0 Å². The van der Waals surface area contributed by atoms with Crippen LogP contribution < -0.4 is 5.73 Å². The predicted molar refractivity (Wildman–Crippen MR) is 75.6 cm³/mol. The molecule has 3 rings (SSSR count). The number of fused-ring (bicyclic) bond motifs is 1. The lowest BCUT2D eigenvalue weighted by Crippen LogP contribution is -2.31. The number of nitrogens with two attached hydrogens (primary N) is 1. The molecule has 0 saturated heterocycles. The first-order valence-corrected chi connectivity index (χ1v) is 7.36. The third kappa shape index (κ3) is 2.76. The molecule has 0 amide bonds. The topological polar surface area (TPSA) is 29.3 Å². The number of hydrogen-bond donors (Lipinski definition) is 1. The molecule has 2 unspecified atom stereocenters. The minimum atomic E-state index is 0.471. The Morgan fingerprint density at radius 1 is 1.06 bits per heavy atom. The fourth-order valence-corrected chi connectivity index (χ4v) is 3.54. The van der Waals surface area contributed by atoms with Crippen molar-refractivity contribution in [3.63, 3.8) is 0 Å². The lowest BCUT2D eigenvalue weighted by molar-refractivity contribution is 0.241. The molecule has 1 heterocycles. The average Bonchev–Trinajstić information content (AvgIpc) is 2.68. The lowest BCUT2D eigenvalue weighted by atomic mass is 10.0. The van der Waals surface area contributed by atoms with Gasteiger partial charge in [0.25, 0.3) is 0 Å². The monoisotopic (exact) mass is 244 g/mol. The zero-order chi connectivity index (χ0) is 12.4. The molecular weight excluding hydrogens is 220 g/mol. The Bertz CT molecular complexity index is 375. The van der Waals surface area contributed by atoms with E-state index in [-0.39, 0.29) is 0 Å². The third-order valence-corrected chi connectivity index (χ3v) is 4.61. The van der Waals surface area contributed by atoms with Gasteiger partial charge in [0, 0.05) is 25.7 Å². The molecule has 0 spiro atoms. The van der Waals surface area contributed by atoms with Crippen molar-refractivity contribution < 1.29 is 0 Å². The molecule has 1 aromatic rings. The van der Waals surface area contributed by atoms with Crippen LogP contribution in [0.15, 0.2) is 24.3 Å². The van der Waals surface area contributed by atoms with Gasteiger partial charge in [-0.3, -0.25) is 0 Å². The molecule has 2 heteroatoms. The van der Waals surface area contributed by atoms with Gasteiger partial charge in [0.05, 0.1) is 0 Å². The van der Waals surface area contributed by atoms with Gasteiger partial charge >= 0.3 is 0 Å². The van der Waals surface area contributed by atoms with E-state index in [0.717, 1.165) is 5.92 Å². The van der Waals surface area contributed by atoms with E-state index in [1.165, 1.54) is 51.7 Å². The maximum absolute atomic E-state index is 6.01. The van der Waals surface area contributed by atoms with Gasteiger partial charge in [-0.25, -0.2) is 0 Å². The van der Waals surface area contributed by atoms with Crippen LogP contribution >= 0.6 is 0 Å². The highest BCUT2D eigenvalue weighted by Crippen LogP contribution is 2.26. The SMILES string of the molecule is NC1CCC(CN2CCc3ccccc3CC2)C1. The normalized spacial score (nSPS) is 28.9. The first kappa shape index (κ1) is 12.2. The van der Waals surface area contributed by atoms with Crippen molar-refractivity contribution in [2.45, 2.75) is 38.1 Å². The zero-order valence-electron chi connectivity index (χ0n) is 11.1. The summed E-state index contributed by atoms with van der Waals surface area (Å²) in [7, 11) is 0. The Balaban J connectivity index is 1.58. The molecule has 0 aromatic heterocycles. The maximum Gasteiger partial charge on any atom is 0.00420 e. The summed E-state index contributed by atoms with van der Waals surface area (Å²) >= 11 is 0. The van der Waals surface area contributed by atoms with Crippen molar-refractivity contribution in [1.82, 2.24) is 4.90 Å². The molecular formula is C16H24N2. The van der Waals surface area contributed by atoms with Crippen LogP contribution in [0.5, 0.6) is 0 Å². The van der Waals surface area contributed by atoms with E-state index in [1.54, 1.807) is 11.1 Å². The molecule has 1 aliphatic heterocycles. The second-order valence-electron chi connectivity index (χ2n) is 6.01. The Labute approximate surface area is 110 Å². The maximum atomic E-state index is 6.01. The van der Waals surface area contributed by atoms with Crippen molar-refractivity contribution in [2.24, 2.45) is 11.7 Å². The predicted octanol–water partition coefficient (Wildman–Crippen LogP) is 2.21. The minimum absolute atomic E-state index is 0.471. The van der Waals surface area contributed by atoms with Crippen molar-refractivity contribution in [1.29, 1.82) is 0 Å². The van der Waals surface area contributed by atoms with Crippen molar-refractivity contribution >= 4 is 0 Å². The van der Waals surface area contributed by atoms with Gasteiger partial charge in [0.2, 0.25) is 0 Å². The Kier molecular flexibility index (Phi) is 3.67. The van der Waals surface area contributed by atoms with Gasteiger partial charge in [-0.15, -0.1) is 0 Å². The quantitative estimate of drug-likeness (QED) is 0.864. The van der Waals surface area contributed by atoms with Crippen LogP contribution in [-0.4, -0.2) is 30.6 Å². The summed E-state index contributed by atoms with van der Waals surface area (Å²) in [6.45, 7) is 3.72. The summed E-state index contributed by atoms with van der Waals surface area (Å²) in [4.78, 5) is 2.66. The molecule has 98 valence electrons. The highest BCUT2D eigenvalue weighted by molar-refractivity contribution is 5.28. The van der Waals surface area contributed by atoms with Crippen molar-refractivity contribution in [3.8, 4) is 0 Å². The second kappa shape index (κ2) is 5.41. The zero-order valence-corrected chi connectivity index (χ0v) is 11.1. The third-order valence-electron chi connectivity index (χ3n) is 4.61. The van der Waals surface area contributed by atoms with Crippen LogP contribution in [-0.2, 0) is 12.8 Å². The summed E-state index contributed by atoms with van der Waals surface area (Å²) in [5.41, 5.74) is 9.13. The average molecular weight is 244 g/mol. The molecule has 1 aromatic carbocycles. The number of nitrogens with zero attached hydrogens (tertiary/aromatic N) is 1. The molecule has 1 saturated carbocycles. The number of rotatable bonds is 2. The van der Waals surface area contributed by atoms with E-state index in [1.807, 2.05) is 0 Å². The van der Waals surface area contributed by atoms with E-state index < -0.39 is 0 Å². The van der Waals surface area contributed by atoms with E-state index in [4.69, 9.17) is 5.73 Å². The minimum Gasteiger partial charge on any atom is -0.328 e. The molecule has 18 heavy (non-hydrogen) atoms. The molecule has 1 aliphatic carbocycles. The fraction of sp³-hybridized carbons (Fsp3) is 0.625. The number of benzene rings is 1. The van der Waals surface area contributed by atoms with Crippen LogP contribution in [0.25, 0.3) is 0 Å². The summed E-state index contributed by atoms with van der Waals surface area (Å²) in [6.07, 6.45) is 6.25. The summed E-state index contributed by atoms with van der Waals surface area (Å²) in [5.74, 6) is 0.848. The molecule has 2 N–H and O–H groups in total. The standard InChI is InChI=1S/C16H24N2/c17-16-6-5-13(11-16)12-18-9-7-14-3-1-2-4-15(14)8-10-18/h1-4,13,16H,5-12,17H2. The smallest absolute Gasteiger partial charge is 0.00420 e. The van der Waals surface area contributed by atoms with Gasteiger partial charge in [0.15, 0.2) is 0 Å². The fourth-order valence-electron chi connectivity index (χ4n) is 3.54. The molecule has 2 aliphatic rings. The largest absolute Gasteiger partial charge is 0.328 e. The van der Waals surface area contributed by atoms with E-state index in [0.29, 0.717) is 6.04 Å². The molecule has 2 atom stereocenters. The first-order valence-electron chi connectivity index (χ1n) is 7.36. The summed E-state index contributed by atoms with van der Waals surface area (Å²) in [6, 6.07) is 9.41. The van der Waals surface area contributed by atoms with E-state index in [9.17, 15) is 0 Å². The second-order valence-corrected chi connectivity index (χ2v) is 6.01. The summed E-state index contributed by atoms with van der Waals surface area (Å²) in [5, 5.41) is 0. The van der Waals surface area contributed by atoms with E-state index in [2.05, 4.69) is 29.2 Å². The number of hydrogen-bond acceptors (Lipinski definition) is 2. The van der Waals surface area contributed by atoms with Crippen molar-refractivity contribution in [2.75, 3.05) is 19.6 Å². The van der Waals surface area contributed by atoms with Gasteiger partial charge in [-0.05, 0) is 49.1 Å². The lowest BCUT2D eigenvalue weighted by Gasteiger charge is -2.23. The van der Waals surface area contributed by atoms with E-state index >= 15 is 0 Å². The summed E-state index contributed by atoms with van der Waals surface area (Å²) < 4.78 is 0. The van der Waals surface area contributed by atoms with Crippen LogP contribution in [0.3, 0.4) is 0 Å². The van der Waals surface area contributed by atoms with Gasteiger partial charge < -0.3 is 10.6 Å². The van der Waals surface area contributed by atoms with Crippen LogP contribution in [0.1, 0.15) is 30.4 Å². The molecule has 2 nitrogen and oxygen atoms in total. The Morgan fingerprint density at radius 2 is 1.72 bits per heavy atom. The Morgan fingerprint density at radius 3 is 2.28 bits per heavy atom.